The van der Waals surface area contributed by atoms with Gasteiger partial charge in [-0.15, -0.1) is 0 Å². The fourth-order valence-electron chi connectivity index (χ4n) is 1.65. The fraction of sp³-hybridized carbons (Fsp3) is 0. The van der Waals surface area contributed by atoms with Gasteiger partial charge in [0.15, 0.2) is 0 Å². The van der Waals surface area contributed by atoms with Gasteiger partial charge in [-0.25, -0.2) is 12.8 Å². The Morgan fingerprint density at radius 2 is 1.86 bits per heavy atom. The summed E-state index contributed by atoms with van der Waals surface area (Å²) >= 11 is 5.64. The van der Waals surface area contributed by atoms with E-state index < -0.39 is 20.6 Å². The Balaban J connectivity index is 2.51. The molecule has 0 saturated heterocycles. The van der Waals surface area contributed by atoms with Gasteiger partial charge in [-0.3, -0.25) is 0 Å². The van der Waals surface area contributed by atoms with Gasteiger partial charge in [0.25, 0.3) is 0 Å². The van der Waals surface area contributed by atoms with Crippen molar-refractivity contribution in [3.63, 3.8) is 0 Å². The first-order valence-electron chi connectivity index (χ1n) is 5.82. The van der Waals surface area contributed by atoms with Gasteiger partial charge in [-0.2, -0.15) is 5.26 Å². The predicted molar refractivity (Wildman–Crippen MR) is 78.6 cm³/mol. The van der Waals surface area contributed by atoms with Crippen LogP contribution in [0.5, 0.6) is 0 Å². The first kappa shape index (κ1) is 15.2. The molecule has 0 aliphatic heterocycles. The zero-order chi connectivity index (χ0) is 15.5. The fourth-order valence-corrected chi connectivity index (χ4v) is 3.02. The van der Waals surface area contributed by atoms with E-state index >= 15 is 0 Å². The average molecular weight is 322 g/mol. The molecule has 106 valence electrons. The lowest BCUT2D eigenvalue weighted by Crippen LogP contribution is -2.03. The van der Waals surface area contributed by atoms with Crippen molar-refractivity contribution in [3.8, 4) is 6.07 Å². The number of rotatable bonds is 3. The third kappa shape index (κ3) is 3.30. The van der Waals surface area contributed by atoms with Crippen LogP contribution in [0.4, 0.5) is 4.39 Å². The van der Waals surface area contributed by atoms with Crippen LogP contribution < -0.4 is 0 Å². The van der Waals surface area contributed by atoms with Crippen LogP contribution in [0.2, 0.25) is 5.02 Å². The first-order valence-corrected chi connectivity index (χ1v) is 7.68. The highest BCUT2D eigenvalue weighted by atomic mass is 35.5. The Bertz CT molecular complexity index is 840. The smallest absolute Gasteiger partial charge is 0.216 e. The Morgan fingerprint density at radius 3 is 2.43 bits per heavy atom. The summed E-state index contributed by atoms with van der Waals surface area (Å²) in [7, 11) is -3.91. The van der Waals surface area contributed by atoms with Crippen LogP contribution in [-0.4, -0.2) is 8.42 Å². The molecule has 0 radical (unpaired) electrons. The van der Waals surface area contributed by atoms with E-state index in [2.05, 4.69) is 0 Å². The highest BCUT2D eigenvalue weighted by Gasteiger charge is 2.20. The first-order chi connectivity index (χ1) is 9.95. The van der Waals surface area contributed by atoms with Crippen molar-refractivity contribution in [3.05, 3.63) is 69.8 Å². The van der Waals surface area contributed by atoms with Crippen LogP contribution in [0.15, 0.2) is 58.3 Å². The molecule has 0 bridgehead atoms. The van der Waals surface area contributed by atoms with Crippen molar-refractivity contribution >= 4 is 27.5 Å². The molecule has 0 atom stereocenters. The number of nitriles is 1. The molecule has 2 aromatic rings. The SMILES string of the molecule is N#CC(=Cc1ccc(F)c(Cl)c1)S(=O)(=O)c1ccccc1. The van der Waals surface area contributed by atoms with Gasteiger partial charge in [0.1, 0.15) is 16.8 Å². The molecule has 0 aromatic heterocycles. The van der Waals surface area contributed by atoms with Crippen LogP contribution >= 0.6 is 11.6 Å². The largest absolute Gasteiger partial charge is 0.218 e. The maximum atomic E-state index is 13.1. The zero-order valence-corrected chi connectivity index (χ0v) is 12.2. The van der Waals surface area contributed by atoms with Crippen molar-refractivity contribution in [2.75, 3.05) is 0 Å². The molecule has 0 saturated carbocycles. The third-order valence-electron chi connectivity index (χ3n) is 2.69. The van der Waals surface area contributed by atoms with Gasteiger partial charge < -0.3 is 0 Å². The van der Waals surface area contributed by atoms with E-state index in [1.807, 2.05) is 0 Å². The van der Waals surface area contributed by atoms with Crippen molar-refractivity contribution in [2.24, 2.45) is 0 Å². The van der Waals surface area contributed by atoms with Crippen LogP contribution in [0, 0.1) is 17.1 Å². The van der Waals surface area contributed by atoms with E-state index in [1.165, 1.54) is 24.3 Å². The molecule has 21 heavy (non-hydrogen) atoms. The molecule has 2 rings (SSSR count). The molecule has 0 fully saturated rings. The number of hydrogen-bond donors (Lipinski definition) is 0. The van der Waals surface area contributed by atoms with E-state index in [0.29, 0.717) is 5.56 Å². The highest BCUT2D eigenvalue weighted by molar-refractivity contribution is 7.95. The van der Waals surface area contributed by atoms with E-state index in [1.54, 1.807) is 24.3 Å². The average Bonchev–Trinajstić information content (AvgIpc) is 2.49. The highest BCUT2D eigenvalue weighted by Crippen LogP contribution is 2.23. The lowest BCUT2D eigenvalue weighted by Gasteiger charge is -2.03. The molecule has 0 aliphatic rings. The number of nitrogens with zero attached hydrogens (tertiary/aromatic N) is 1. The minimum atomic E-state index is -3.91. The Kier molecular flexibility index (Phi) is 4.41. The minimum Gasteiger partial charge on any atom is -0.218 e. The molecule has 0 N–H and O–H groups in total. The van der Waals surface area contributed by atoms with Crippen LogP contribution in [0.1, 0.15) is 5.56 Å². The second-order valence-electron chi connectivity index (χ2n) is 4.11. The minimum absolute atomic E-state index is 0.0195. The monoisotopic (exact) mass is 321 g/mol. The normalized spacial score (nSPS) is 12.0. The van der Waals surface area contributed by atoms with Gasteiger partial charge in [-0.1, -0.05) is 35.9 Å². The number of sulfone groups is 1. The molecule has 3 nitrogen and oxygen atoms in total. The molecular formula is C15H9ClFNO2S. The summed E-state index contributed by atoms with van der Waals surface area (Å²) in [6.07, 6.45) is 1.16. The van der Waals surface area contributed by atoms with Crippen LogP contribution in [0.25, 0.3) is 6.08 Å². The topological polar surface area (TPSA) is 57.9 Å². The third-order valence-corrected chi connectivity index (χ3v) is 4.67. The summed E-state index contributed by atoms with van der Waals surface area (Å²) in [6, 6.07) is 13.0. The zero-order valence-electron chi connectivity index (χ0n) is 10.6. The number of hydrogen-bond acceptors (Lipinski definition) is 3. The molecule has 0 aliphatic carbocycles. The van der Waals surface area contributed by atoms with Crippen LogP contribution in [0.3, 0.4) is 0 Å². The Hall–Kier alpha value is -2.16. The summed E-state index contributed by atoms with van der Waals surface area (Å²) < 4.78 is 37.7. The summed E-state index contributed by atoms with van der Waals surface area (Å²) in [4.78, 5) is -0.414. The van der Waals surface area contributed by atoms with Crippen molar-refractivity contribution in [1.29, 1.82) is 5.26 Å². The standard InChI is InChI=1S/C15H9ClFNO2S/c16-14-9-11(6-7-15(14)17)8-13(10-18)21(19,20)12-4-2-1-3-5-12/h1-9H. The van der Waals surface area contributed by atoms with Gasteiger partial charge in [0.05, 0.1) is 9.92 Å². The maximum absolute atomic E-state index is 13.1. The second-order valence-corrected chi connectivity index (χ2v) is 6.44. The molecular weight excluding hydrogens is 313 g/mol. The summed E-state index contributed by atoms with van der Waals surface area (Å²) in [5.41, 5.74) is 0.331. The van der Waals surface area contributed by atoms with Gasteiger partial charge in [0, 0.05) is 0 Å². The second kappa shape index (κ2) is 6.08. The number of allylic oxidation sites excluding steroid dienone is 1. The number of halogens is 2. The van der Waals surface area contributed by atoms with E-state index in [-0.39, 0.29) is 9.92 Å². The summed E-state index contributed by atoms with van der Waals surface area (Å²) in [5, 5.41) is 8.96. The lowest BCUT2D eigenvalue weighted by molar-refractivity contribution is 0.603. The predicted octanol–water partition coefficient (Wildman–Crippen LogP) is 3.82. The molecule has 0 heterocycles. The van der Waals surface area contributed by atoms with Gasteiger partial charge in [0.2, 0.25) is 9.84 Å². The lowest BCUT2D eigenvalue weighted by atomic mass is 10.2. The van der Waals surface area contributed by atoms with E-state index in [0.717, 1.165) is 12.1 Å². The maximum Gasteiger partial charge on any atom is 0.216 e. The van der Waals surface area contributed by atoms with Crippen LogP contribution in [-0.2, 0) is 9.84 Å². The Labute approximate surface area is 126 Å². The molecule has 0 spiro atoms. The van der Waals surface area contributed by atoms with Crippen molar-refractivity contribution in [2.45, 2.75) is 4.90 Å². The summed E-state index contributed by atoms with van der Waals surface area (Å²) in [6.45, 7) is 0. The van der Waals surface area contributed by atoms with E-state index in [4.69, 9.17) is 16.9 Å². The van der Waals surface area contributed by atoms with Crippen molar-refractivity contribution in [1.82, 2.24) is 0 Å². The molecule has 0 unspecified atom stereocenters. The number of benzene rings is 2. The molecule has 2 aromatic carbocycles. The van der Waals surface area contributed by atoms with Crippen molar-refractivity contribution < 1.29 is 12.8 Å². The molecule has 6 heteroatoms. The summed E-state index contributed by atoms with van der Waals surface area (Å²) in [5.74, 6) is -0.613. The quantitative estimate of drug-likeness (QED) is 0.807. The van der Waals surface area contributed by atoms with Gasteiger partial charge in [-0.05, 0) is 35.9 Å². The molecule has 0 amide bonds. The van der Waals surface area contributed by atoms with E-state index in [9.17, 15) is 12.8 Å². The van der Waals surface area contributed by atoms with Gasteiger partial charge >= 0.3 is 0 Å². The Morgan fingerprint density at radius 1 is 1.19 bits per heavy atom.